The van der Waals surface area contributed by atoms with Gasteiger partial charge in [-0.25, -0.2) is 13.4 Å². The van der Waals surface area contributed by atoms with Gasteiger partial charge in [-0.15, -0.1) is 0 Å². The summed E-state index contributed by atoms with van der Waals surface area (Å²) in [4.78, 5) is 11.7. The Kier molecular flexibility index (Phi) is 5.55. The second kappa shape index (κ2) is 7.92. The van der Waals surface area contributed by atoms with Crippen molar-refractivity contribution < 1.29 is 32.5 Å². The number of anilines is 1. The topological polar surface area (TPSA) is 106 Å². The highest BCUT2D eigenvalue weighted by Crippen LogP contribution is 2.33. The Hall–Kier alpha value is -3.40. The average molecular weight is 420 g/mol. The van der Waals surface area contributed by atoms with Crippen molar-refractivity contribution >= 4 is 21.9 Å². The number of methoxy groups -OCH3 is 3. The standard InChI is InChI=1S/C19H20N2O7S/c1-26-16-8-7-14(17(10-16)27-2)11-21-18(22)12-20(29(21,24)25)15-6-4-5-13(9-15)19(23)28-3/h4-10,12,22H,11H2,1-3H3. The molecule has 0 amide bonds. The van der Waals surface area contributed by atoms with Gasteiger partial charge in [0, 0.05) is 11.6 Å². The summed E-state index contributed by atoms with van der Waals surface area (Å²) in [6, 6.07) is 10.8. The van der Waals surface area contributed by atoms with Crippen molar-refractivity contribution in [2.45, 2.75) is 6.54 Å². The number of hydrogen-bond donors (Lipinski definition) is 1. The Morgan fingerprint density at radius 3 is 2.48 bits per heavy atom. The van der Waals surface area contributed by atoms with E-state index < -0.39 is 22.1 Å². The van der Waals surface area contributed by atoms with Crippen LogP contribution in [0.2, 0.25) is 0 Å². The van der Waals surface area contributed by atoms with E-state index in [2.05, 4.69) is 4.74 Å². The molecule has 29 heavy (non-hydrogen) atoms. The highest BCUT2D eigenvalue weighted by Gasteiger charge is 2.38. The largest absolute Gasteiger partial charge is 0.497 e. The molecule has 2 aromatic rings. The van der Waals surface area contributed by atoms with E-state index in [4.69, 9.17) is 9.47 Å². The summed E-state index contributed by atoms with van der Waals surface area (Å²) in [6.45, 7) is -0.162. The van der Waals surface area contributed by atoms with Crippen LogP contribution < -0.4 is 13.8 Å². The number of esters is 1. The molecule has 3 rings (SSSR count). The fraction of sp³-hybridized carbons (Fsp3) is 0.211. The van der Waals surface area contributed by atoms with Crippen LogP contribution in [0.3, 0.4) is 0 Å². The van der Waals surface area contributed by atoms with Crippen molar-refractivity contribution in [2.24, 2.45) is 0 Å². The van der Waals surface area contributed by atoms with E-state index in [1.54, 1.807) is 18.2 Å². The molecule has 0 fully saturated rings. The van der Waals surface area contributed by atoms with E-state index in [-0.39, 0.29) is 17.8 Å². The van der Waals surface area contributed by atoms with E-state index in [0.29, 0.717) is 17.1 Å². The van der Waals surface area contributed by atoms with Crippen LogP contribution in [0.4, 0.5) is 5.69 Å². The van der Waals surface area contributed by atoms with Crippen molar-refractivity contribution in [1.82, 2.24) is 4.31 Å². The molecule has 1 N–H and O–H groups in total. The number of hydrogen-bond acceptors (Lipinski definition) is 7. The summed E-state index contributed by atoms with van der Waals surface area (Å²) in [5.41, 5.74) is 0.897. The molecule has 9 nitrogen and oxygen atoms in total. The summed E-state index contributed by atoms with van der Waals surface area (Å²) in [5, 5.41) is 10.3. The molecule has 0 radical (unpaired) electrons. The third-order valence-electron chi connectivity index (χ3n) is 4.35. The molecule has 1 aliphatic heterocycles. The van der Waals surface area contributed by atoms with E-state index in [0.717, 1.165) is 14.8 Å². The fourth-order valence-electron chi connectivity index (χ4n) is 2.86. The molecular weight excluding hydrogens is 400 g/mol. The second-order valence-corrected chi connectivity index (χ2v) is 7.75. The molecule has 0 saturated carbocycles. The first-order chi connectivity index (χ1) is 13.8. The lowest BCUT2D eigenvalue weighted by atomic mass is 10.2. The Morgan fingerprint density at radius 1 is 1.07 bits per heavy atom. The maximum atomic E-state index is 13.0. The zero-order chi connectivity index (χ0) is 21.2. The van der Waals surface area contributed by atoms with Gasteiger partial charge in [-0.1, -0.05) is 6.07 Å². The van der Waals surface area contributed by atoms with E-state index in [1.165, 1.54) is 45.6 Å². The van der Waals surface area contributed by atoms with Crippen molar-refractivity contribution in [3.8, 4) is 11.5 Å². The molecule has 0 spiro atoms. The average Bonchev–Trinajstić information content (AvgIpc) is 2.96. The molecule has 1 aliphatic rings. The van der Waals surface area contributed by atoms with Crippen LogP contribution in [-0.4, -0.2) is 45.1 Å². The Bertz CT molecular complexity index is 1070. The van der Waals surface area contributed by atoms with Crippen molar-refractivity contribution in [3.05, 3.63) is 65.7 Å². The quantitative estimate of drug-likeness (QED) is 0.716. The molecule has 1 heterocycles. The highest BCUT2D eigenvalue weighted by atomic mass is 32.2. The summed E-state index contributed by atoms with van der Waals surface area (Å²) in [7, 11) is 0.0641. The van der Waals surface area contributed by atoms with Crippen LogP contribution >= 0.6 is 0 Å². The molecule has 154 valence electrons. The van der Waals surface area contributed by atoms with Gasteiger partial charge >= 0.3 is 16.2 Å². The van der Waals surface area contributed by atoms with Gasteiger partial charge in [0.1, 0.15) is 11.5 Å². The van der Waals surface area contributed by atoms with Crippen LogP contribution in [0, 0.1) is 0 Å². The Morgan fingerprint density at radius 2 is 1.83 bits per heavy atom. The number of ether oxygens (including phenoxy) is 3. The minimum Gasteiger partial charge on any atom is -0.497 e. The van der Waals surface area contributed by atoms with Crippen molar-refractivity contribution in [2.75, 3.05) is 25.6 Å². The van der Waals surface area contributed by atoms with Gasteiger partial charge in [0.2, 0.25) is 5.88 Å². The van der Waals surface area contributed by atoms with Crippen LogP contribution in [0.25, 0.3) is 0 Å². The fourth-order valence-corrected chi connectivity index (χ4v) is 4.26. The maximum absolute atomic E-state index is 13.0. The van der Waals surface area contributed by atoms with E-state index in [9.17, 15) is 18.3 Å². The summed E-state index contributed by atoms with van der Waals surface area (Å²) in [6.07, 6.45) is 1.07. The third kappa shape index (κ3) is 3.79. The molecule has 0 atom stereocenters. The number of carbonyl (C=O) groups excluding carboxylic acids is 1. The van der Waals surface area contributed by atoms with Gasteiger partial charge in [-0.05, 0) is 30.3 Å². The van der Waals surface area contributed by atoms with Gasteiger partial charge < -0.3 is 19.3 Å². The van der Waals surface area contributed by atoms with Gasteiger partial charge in [-0.2, -0.15) is 8.42 Å². The minimum atomic E-state index is -4.13. The molecular formula is C19H20N2O7S. The number of benzene rings is 2. The first kappa shape index (κ1) is 20.3. The Labute approximate surface area is 168 Å². The predicted molar refractivity (Wildman–Crippen MR) is 105 cm³/mol. The minimum absolute atomic E-state index is 0.162. The van der Waals surface area contributed by atoms with Crippen LogP contribution in [-0.2, 0) is 21.5 Å². The number of carbonyl (C=O) groups is 1. The number of rotatable bonds is 6. The summed E-state index contributed by atoms with van der Waals surface area (Å²) in [5.74, 6) is -0.0998. The molecule has 0 bridgehead atoms. The number of nitrogens with zero attached hydrogens (tertiary/aromatic N) is 2. The van der Waals surface area contributed by atoms with Gasteiger partial charge in [-0.3, -0.25) is 0 Å². The third-order valence-corrected chi connectivity index (χ3v) is 6.03. The number of aliphatic hydroxyl groups is 1. The molecule has 0 aliphatic carbocycles. The number of aliphatic hydroxyl groups excluding tert-OH is 1. The molecule has 10 heteroatoms. The van der Waals surface area contributed by atoms with Crippen LogP contribution in [0.5, 0.6) is 11.5 Å². The zero-order valence-corrected chi connectivity index (χ0v) is 16.8. The van der Waals surface area contributed by atoms with Gasteiger partial charge in [0.05, 0.1) is 45.3 Å². The SMILES string of the molecule is COC(=O)c1cccc(N2C=C(O)N(Cc3ccc(OC)cc3OC)S2(=O)=O)c1. The van der Waals surface area contributed by atoms with Crippen molar-refractivity contribution in [1.29, 1.82) is 0 Å². The van der Waals surface area contributed by atoms with E-state index in [1.807, 2.05) is 0 Å². The Balaban J connectivity index is 1.93. The van der Waals surface area contributed by atoms with E-state index >= 15 is 0 Å². The molecule has 2 aromatic carbocycles. The van der Waals surface area contributed by atoms with Gasteiger partial charge in [0.25, 0.3) is 0 Å². The molecule has 0 saturated heterocycles. The predicted octanol–water partition coefficient (Wildman–Crippen LogP) is 2.41. The summed E-state index contributed by atoms with van der Waals surface area (Å²) >= 11 is 0. The van der Waals surface area contributed by atoms with Crippen LogP contribution in [0.15, 0.2) is 54.5 Å². The molecule has 0 aromatic heterocycles. The normalized spacial score (nSPS) is 15.1. The monoisotopic (exact) mass is 420 g/mol. The second-order valence-electron chi connectivity index (χ2n) is 6.02. The zero-order valence-electron chi connectivity index (χ0n) is 16.0. The van der Waals surface area contributed by atoms with Crippen LogP contribution in [0.1, 0.15) is 15.9 Å². The first-order valence-electron chi connectivity index (χ1n) is 8.44. The summed E-state index contributed by atoms with van der Waals surface area (Å²) < 4.78 is 42.9. The van der Waals surface area contributed by atoms with Crippen molar-refractivity contribution in [3.63, 3.8) is 0 Å². The lowest BCUT2D eigenvalue weighted by molar-refractivity contribution is 0.0600. The maximum Gasteiger partial charge on any atom is 0.337 e. The first-order valence-corrected chi connectivity index (χ1v) is 9.83. The lowest BCUT2D eigenvalue weighted by Gasteiger charge is -2.22. The molecule has 0 unspecified atom stereocenters. The smallest absolute Gasteiger partial charge is 0.337 e. The highest BCUT2D eigenvalue weighted by molar-refractivity contribution is 7.91. The van der Waals surface area contributed by atoms with Gasteiger partial charge in [0.15, 0.2) is 0 Å². The lowest BCUT2D eigenvalue weighted by Crippen LogP contribution is -2.34.